The van der Waals surface area contributed by atoms with Gasteiger partial charge in [-0.15, -0.1) is 0 Å². The molecule has 31 heavy (non-hydrogen) atoms. The van der Waals surface area contributed by atoms with E-state index in [0.29, 0.717) is 47.3 Å². The maximum atomic E-state index is 13.3. The zero-order valence-electron chi connectivity index (χ0n) is 16.4. The first-order valence-electron chi connectivity index (χ1n) is 9.70. The minimum absolute atomic E-state index is 0.0441. The lowest BCUT2D eigenvalue weighted by Crippen LogP contribution is -2.11. The molecule has 158 valence electrons. The molecule has 5 rings (SSSR count). The lowest BCUT2D eigenvalue weighted by atomic mass is 10.2. The number of hydrogen-bond acceptors (Lipinski definition) is 8. The number of rotatable bonds is 7. The molecule has 0 aliphatic carbocycles. The number of aromatic nitrogens is 4. The molecule has 0 fully saturated rings. The minimum atomic E-state index is -0.328. The van der Waals surface area contributed by atoms with Crippen LogP contribution in [0.25, 0.3) is 16.7 Å². The number of halogens is 1. The van der Waals surface area contributed by atoms with Crippen LogP contribution in [0.5, 0.6) is 11.5 Å². The number of nitrogens with one attached hydrogen (secondary N) is 2. The van der Waals surface area contributed by atoms with Crippen molar-refractivity contribution in [3.63, 3.8) is 0 Å². The second-order valence-corrected chi connectivity index (χ2v) is 6.86. The molecular formula is C21H19FN6O3. The van der Waals surface area contributed by atoms with Crippen LogP contribution in [-0.2, 0) is 6.54 Å². The highest BCUT2D eigenvalue weighted by molar-refractivity contribution is 5.88. The third-order valence-corrected chi connectivity index (χ3v) is 4.79. The topological polar surface area (TPSA) is 106 Å². The first-order chi connectivity index (χ1) is 15.2. The fourth-order valence-electron chi connectivity index (χ4n) is 3.30. The normalized spacial score (nSPS) is 12.3. The summed E-state index contributed by atoms with van der Waals surface area (Å²) >= 11 is 0. The van der Waals surface area contributed by atoms with Crippen molar-refractivity contribution in [1.82, 2.24) is 19.7 Å². The lowest BCUT2D eigenvalue weighted by molar-refractivity contribution is 0.174. The van der Waals surface area contributed by atoms with E-state index in [2.05, 4.69) is 25.7 Å². The summed E-state index contributed by atoms with van der Waals surface area (Å²) in [6, 6.07) is 11.7. The van der Waals surface area contributed by atoms with Crippen molar-refractivity contribution in [3.8, 4) is 17.2 Å². The summed E-state index contributed by atoms with van der Waals surface area (Å²) in [4.78, 5) is 9.15. The Morgan fingerprint density at radius 3 is 2.71 bits per heavy atom. The van der Waals surface area contributed by atoms with Gasteiger partial charge in [0.2, 0.25) is 12.7 Å². The van der Waals surface area contributed by atoms with Gasteiger partial charge >= 0.3 is 0 Å². The molecular weight excluding hydrogens is 403 g/mol. The van der Waals surface area contributed by atoms with Crippen molar-refractivity contribution in [2.24, 2.45) is 0 Å². The summed E-state index contributed by atoms with van der Waals surface area (Å²) in [7, 11) is 0. The molecule has 0 radical (unpaired) electrons. The highest BCUT2D eigenvalue weighted by atomic mass is 19.1. The molecule has 3 heterocycles. The van der Waals surface area contributed by atoms with Crippen molar-refractivity contribution in [3.05, 3.63) is 60.0 Å². The van der Waals surface area contributed by atoms with Crippen LogP contribution in [0, 0.1) is 5.82 Å². The Balaban J connectivity index is 1.48. The molecule has 0 spiro atoms. The van der Waals surface area contributed by atoms with Gasteiger partial charge in [-0.1, -0.05) is 6.07 Å². The monoisotopic (exact) mass is 422 g/mol. The van der Waals surface area contributed by atoms with Gasteiger partial charge in [0.15, 0.2) is 17.1 Å². The average molecular weight is 422 g/mol. The highest BCUT2D eigenvalue weighted by Crippen LogP contribution is 2.32. The number of aliphatic hydroxyl groups is 1. The van der Waals surface area contributed by atoms with E-state index in [1.54, 1.807) is 23.0 Å². The number of anilines is 2. The third-order valence-electron chi connectivity index (χ3n) is 4.79. The van der Waals surface area contributed by atoms with E-state index < -0.39 is 0 Å². The number of nitrogens with zero attached hydrogens (tertiary/aromatic N) is 4. The Bertz CT molecular complexity index is 1230. The number of benzene rings is 2. The third kappa shape index (κ3) is 3.80. The van der Waals surface area contributed by atoms with Gasteiger partial charge in [0.1, 0.15) is 11.6 Å². The summed E-state index contributed by atoms with van der Waals surface area (Å²) < 4.78 is 25.7. The van der Waals surface area contributed by atoms with Crippen LogP contribution < -0.4 is 20.1 Å². The Morgan fingerprint density at radius 1 is 1.03 bits per heavy atom. The van der Waals surface area contributed by atoms with Crippen LogP contribution in [0.15, 0.2) is 48.7 Å². The molecule has 0 bridgehead atoms. The molecule has 0 atom stereocenters. The SMILES string of the molecule is OCCNc1nc(NCc2ccc3c(c2)OCO3)nc2c1cnn2-c1ccc(F)cc1. The smallest absolute Gasteiger partial charge is 0.231 e. The summed E-state index contributed by atoms with van der Waals surface area (Å²) in [6.07, 6.45) is 1.64. The fourth-order valence-corrected chi connectivity index (χ4v) is 3.30. The van der Waals surface area contributed by atoms with Gasteiger partial charge in [-0.05, 0) is 42.0 Å². The Morgan fingerprint density at radius 2 is 1.87 bits per heavy atom. The summed E-state index contributed by atoms with van der Waals surface area (Å²) in [5.41, 5.74) is 2.20. The Labute approximate surface area is 176 Å². The van der Waals surface area contributed by atoms with Crippen LogP contribution >= 0.6 is 0 Å². The maximum absolute atomic E-state index is 13.3. The molecule has 10 heteroatoms. The van der Waals surface area contributed by atoms with Gasteiger partial charge < -0.3 is 25.2 Å². The lowest BCUT2D eigenvalue weighted by Gasteiger charge is -2.11. The zero-order valence-corrected chi connectivity index (χ0v) is 16.4. The molecule has 1 aliphatic heterocycles. The predicted molar refractivity (Wildman–Crippen MR) is 112 cm³/mol. The molecule has 0 unspecified atom stereocenters. The second kappa shape index (κ2) is 8.07. The summed E-state index contributed by atoms with van der Waals surface area (Å²) in [6.45, 7) is 0.971. The Kier molecular flexibility index (Phi) is 4.97. The molecule has 1 aliphatic rings. The summed E-state index contributed by atoms with van der Waals surface area (Å²) in [5.74, 6) is 2.02. The van der Waals surface area contributed by atoms with Crippen LogP contribution in [0.2, 0.25) is 0 Å². The second-order valence-electron chi connectivity index (χ2n) is 6.86. The van der Waals surface area contributed by atoms with Crippen molar-refractivity contribution in [2.45, 2.75) is 6.54 Å². The van der Waals surface area contributed by atoms with Gasteiger partial charge in [0.05, 0.1) is 23.9 Å². The van der Waals surface area contributed by atoms with Gasteiger partial charge in [0, 0.05) is 13.1 Å². The van der Waals surface area contributed by atoms with E-state index in [1.165, 1.54) is 12.1 Å². The zero-order chi connectivity index (χ0) is 21.2. The number of fused-ring (bicyclic) bond motifs is 2. The van der Waals surface area contributed by atoms with Crippen LogP contribution in [0.3, 0.4) is 0 Å². The molecule has 0 amide bonds. The number of aliphatic hydroxyl groups excluding tert-OH is 1. The van der Waals surface area contributed by atoms with E-state index in [0.717, 1.165) is 11.3 Å². The first-order valence-corrected chi connectivity index (χ1v) is 9.70. The molecule has 0 saturated heterocycles. The van der Waals surface area contributed by atoms with Crippen LogP contribution in [-0.4, -0.2) is 44.8 Å². The quantitative estimate of drug-likeness (QED) is 0.417. The van der Waals surface area contributed by atoms with Crippen molar-refractivity contribution in [1.29, 1.82) is 0 Å². The van der Waals surface area contributed by atoms with E-state index >= 15 is 0 Å². The van der Waals surface area contributed by atoms with Gasteiger partial charge in [-0.3, -0.25) is 0 Å². The molecule has 3 N–H and O–H groups in total. The van der Waals surface area contributed by atoms with E-state index in [4.69, 9.17) is 9.47 Å². The molecule has 9 nitrogen and oxygen atoms in total. The first kappa shape index (κ1) is 19.1. The van der Waals surface area contributed by atoms with Crippen molar-refractivity contribution >= 4 is 22.8 Å². The largest absolute Gasteiger partial charge is 0.454 e. The van der Waals surface area contributed by atoms with E-state index in [1.807, 2.05) is 18.2 Å². The predicted octanol–water partition coefficient (Wildman–Crippen LogP) is 2.70. The Hall–Kier alpha value is -3.92. The highest BCUT2D eigenvalue weighted by Gasteiger charge is 2.16. The van der Waals surface area contributed by atoms with Gasteiger partial charge in [-0.2, -0.15) is 15.1 Å². The summed E-state index contributed by atoms with van der Waals surface area (Å²) in [5, 5.41) is 20.6. The van der Waals surface area contributed by atoms with Gasteiger partial charge in [-0.25, -0.2) is 9.07 Å². The molecule has 4 aromatic rings. The minimum Gasteiger partial charge on any atom is -0.454 e. The molecule has 2 aromatic heterocycles. The van der Waals surface area contributed by atoms with Crippen molar-refractivity contribution in [2.75, 3.05) is 30.6 Å². The van der Waals surface area contributed by atoms with Gasteiger partial charge in [0.25, 0.3) is 0 Å². The average Bonchev–Trinajstić information content (AvgIpc) is 3.43. The standard InChI is InChI=1S/C21H19FN6O3/c22-14-2-4-15(5-3-14)28-20-16(11-25-28)19(23-7-8-29)26-21(27-20)24-10-13-1-6-17-18(9-13)31-12-30-17/h1-6,9,11,29H,7-8,10,12H2,(H2,23,24,26,27). The van der Waals surface area contributed by atoms with Crippen LogP contribution in [0.4, 0.5) is 16.2 Å². The molecule has 2 aromatic carbocycles. The van der Waals surface area contributed by atoms with E-state index in [9.17, 15) is 9.50 Å². The number of hydrogen-bond donors (Lipinski definition) is 3. The van der Waals surface area contributed by atoms with Crippen molar-refractivity contribution < 1.29 is 19.0 Å². The maximum Gasteiger partial charge on any atom is 0.231 e. The fraction of sp³-hybridized carbons (Fsp3) is 0.190. The molecule has 0 saturated carbocycles. The number of ether oxygens (including phenoxy) is 2. The van der Waals surface area contributed by atoms with E-state index in [-0.39, 0.29) is 19.2 Å². The van der Waals surface area contributed by atoms with Crippen LogP contribution in [0.1, 0.15) is 5.56 Å².